The molecular formula is C26H28N6O3. The van der Waals surface area contributed by atoms with Crippen LogP contribution < -0.4 is 14.8 Å². The second-order valence-corrected chi connectivity index (χ2v) is 8.43. The number of benzene rings is 2. The lowest BCUT2D eigenvalue weighted by atomic mass is 10.2. The number of para-hydroxylation sites is 2. The van der Waals surface area contributed by atoms with Crippen molar-refractivity contribution in [3.63, 3.8) is 0 Å². The minimum Gasteiger partial charge on any atom is -0.496 e. The van der Waals surface area contributed by atoms with Gasteiger partial charge in [-0.2, -0.15) is 0 Å². The molecular weight excluding hydrogens is 444 g/mol. The highest BCUT2D eigenvalue weighted by molar-refractivity contribution is 5.96. The van der Waals surface area contributed by atoms with Crippen LogP contribution in [0.5, 0.6) is 11.5 Å². The van der Waals surface area contributed by atoms with E-state index in [0.29, 0.717) is 17.9 Å². The molecule has 5 rings (SSSR count). The van der Waals surface area contributed by atoms with Crippen LogP contribution in [0.1, 0.15) is 27.7 Å². The van der Waals surface area contributed by atoms with Crippen LogP contribution in [0.25, 0.3) is 10.9 Å². The molecule has 35 heavy (non-hydrogen) atoms. The Morgan fingerprint density at radius 3 is 2.63 bits per heavy atom. The summed E-state index contributed by atoms with van der Waals surface area (Å²) in [5.41, 5.74) is 2.38. The Morgan fingerprint density at radius 2 is 1.77 bits per heavy atom. The lowest BCUT2D eigenvalue weighted by molar-refractivity contribution is 0.0946. The molecule has 0 radical (unpaired) electrons. The number of carbonyl (C=O) groups excluding carboxylic acids is 1. The highest BCUT2D eigenvalue weighted by Crippen LogP contribution is 2.24. The molecule has 2 aromatic carbocycles. The molecule has 0 unspecified atom stereocenters. The molecule has 1 aliphatic rings. The van der Waals surface area contributed by atoms with Gasteiger partial charge in [0.15, 0.2) is 5.82 Å². The minimum absolute atomic E-state index is 0.201. The summed E-state index contributed by atoms with van der Waals surface area (Å²) in [6, 6.07) is 17.3. The monoisotopic (exact) mass is 472 g/mol. The van der Waals surface area contributed by atoms with Gasteiger partial charge in [-0.15, -0.1) is 10.2 Å². The molecule has 3 heterocycles. The van der Waals surface area contributed by atoms with E-state index in [0.717, 1.165) is 66.6 Å². The lowest BCUT2D eigenvalue weighted by Crippen LogP contribution is -2.28. The van der Waals surface area contributed by atoms with E-state index in [9.17, 15) is 4.79 Å². The first-order chi connectivity index (χ1) is 17.2. The summed E-state index contributed by atoms with van der Waals surface area (Å²) < 4.78 is 12.9. The maximum atomic E-state index is 12.7. The van der Waals surface area contributed by atoms with Gasteiger partial charge in [0.2, 0.25) is 0 Å². The van der Waals surface area contributed by atoms with Crippen molar-refractivity contribution in [3.8, 4) is 11.5 Å². The van der Waals surface area contributed by atoms with Gasteiger partial charge in [0.05, 0.1) is 32.0 Å². The quantitative estimate of drug-likeness (QED) is 0.442. The van der Waals surface area contributed by atoms with Crippen molar-refractivity contribution in [3.05, 3.63) is 77.5 Å². The van der Waals surface area contributed by atoms with Crippen molar-refractivity contribution in [2.75, 3.05) is 27.3 Å². The molecule has 0 spiro atoms. The Morgan fingerprint density at radius 1 is 0.943 bits per heavy atom. The first-order valence-electron chi connectivity index (χ1n) is 11.6. The molecule has 0 atom stereocenters. The summed E-state index contributed by atoms with van der Waals surface area (Å²) in [6.45, 7) is 3.49. The van der Waals surface area contributed by atoms with Crippen LogP contribution in [0.3, 0.4) is 0 Å². The predicted octanol–water partition coefficient (Wildman–Crippen LogP) is 2.83. The van der Waals surface area contributed by atoms with Crippen molar-refractivity contribution in [2.45, 2.75) is 26.1 Å². The molecule has 1 amide bonds. The Kier molecular flexibility index (Phi) is 6.58. The number of nitrogens with one attached hydrogen (secondary N) is 1. The molecule has 9 heteroatoms. The van der Waals surface area contributed by atoms with E-state index in [4.69, 9.17) is 14.5 Å². The molecule has 180 valence electrons. The van der Waals surface area contributed by atoms with E-state index < -0.39 is 0 Å². The normalized spacial score (nSPS) is 13.8. The molecule has 0 saturated carbocycles. The largest absolute Gasteiger partial charge is 0.496 e. The van der Waals surface area contributed by atoms with Gasteiger partial charge in [-0.1, -0.05) is 30.3 Å². The Bertz CT molecular complexity index is 1350. The molecule has 0 saturated heterocycles. The SMILES string of the molecule is COc1ccccc1C(=O)NCc1nnc2n1CCN(Cc1ccc3cccc(OC)c3n1)CC2. The zero-order chi connectivity index (χ0) is 24.2. The summed E-state index contributed by atoms with van der Waals surface area (Å²) in [7, 11) is 3.23. The van der Waals surface area contributed by atoms with Crippen molar-refractivity contribution in [1.82, 2.24) is 30.0 Å². The maximum absolute atomic E-state index is 12.7. The van der Waals surface area contributed by atoms with Crippen LogP contribution in [0.4, 0.5) is 0 Å². The number of hydrogen-bond donors (Lipinski definition) is 1. The fraction of sp³-hybridized carbons (Fsp3) is 0.308. The predicted molar refractivity (Wildman–Crippen MR) is 131 cm³/mol. The van der Waals surface area contributed by atoms with E-state index in [-0.39, 0.29) is 5.91 Å². The van der Waals surface area contributed by atoms with Crippen LogP contribution in [-0.2, 0) is 26.1 Å². The van der Waals surface area contributed by atoms with Crippen molar-refractivity contribution in [1.29, 1.82) is 0 Å². The number of rotatable bonds is 7. The third kappa shape index (κ3) is 4.81. The van der Waals surface area contributed by atoms with E-state index in [1.165, 1.54) is 0 Å². The fourth-order valence-corrected chi connectivity index (χ4v) is 4.44. The molecule has 0 aliphatic carbocycles. The zero-order valence-electron chi connectivity index (χ0n) is 19.9. The minimum atomic E-state index is -0.201. The Labute approximate surface area is 203 Å². The fourth-order valence-electron chi connectivity index (χ4n) is 4.44. The van der Waals surface area contributed by atoms with Crippen molar-refractivity contribution >= 4 is 16.8 Å². The first-order valence-corrected chi connectivity index (χ1v) is 11.6. The van der Waals surface area contributed by atoms with Crippen molar-refractivity contribution in [2.24, 2.45) is 0 Å². The number of nitrogens with zero attached hydrogens (tertiary/aromatic N) is 5. The second kappa shape index (κ2) is 10.1. The number of carbonyl (C=O) groups is 1. The molecule has 9 nitrogen and oxygen atoms in total. The summed E-state index contributed by atoms with van der Waals surface area (Å²) in [4.78, 5) is 19.9. The van der Waals surface area contributed by atoms with E-state index in [1.807, 2.05) is 30.3 Å². The summed E-state index contributed by atoms with van der Waals surface area (Å²) >= 11 is 0. The van der Waals surface area contributed by atoms with Gasteiger partial charge < -0.3 is 19.4 Å². The van der Waals surface area contributed by atoms with Crippen LogP contribution >= 0.6 is 0 Å². The number of amides is 1. The summed E-state index contributed by atoms with van der Waals surface area (Å²) in [5, 5.41) is 12.7. The highest BCUT2D eigenvalue weighted by Gasteiger charge is 2.20. The van der Waals surface area contributed by atoms with Crippen LogP contribution in [-0.4, -0.2) is 57.9 Å². The standard InChI is InChI=1S/C26H28N6O3/c1-34-21-8-4-3-7-20(21)26(33)27-16-24-30-29-23-12-13-31(14-15-32(23)24)17-19-11-10-18-6-5-9-22(35-2)25(18)28-19/h3-11H,12-17H2,1-2H3,(H,27,33). The van der Waals surface area contributed by atoms with Crippen molar-refractivity contribution < 1.29 is 14.3 Å². The van der Waals surface area contributed by atoms with Gasteiger partial charge in [0.25, 0.3) is 5.91 Å². The van der Waals surface area contributed by atoms with Gasteiger partial charge in [-0.3, -0.25) is 9.69 Å². The zero-order valence-corrected chi connectivity index (χ0v) is 19.9. The van der Waals surface area contributed by atoms with Crippen LogP contribution in [0, 0.1) is 0 Å². The van der Waals surface area contributed by atoms with Gasteiger partial charge in [-0.05, 0) is 24.3 Å². The maximum Gasteiger partial charge on any atom is 0.255 e. The molecule has 1 aliphatic heterocycles. The number of aromatic nitrogens is 4. The van der Waals surface area contributed by atoms with Gasteiger partial charge in [0, 0.05) is 38.0 Å². The number of fused-ring (bicyclic) bond motifs is 2. The molecule has 1 N–H and O–H groups in total. The van der Waals surface area contributed by atoms with Gasteiger partial charge in [0.1, 0.15) is 22.8 Å². The van der Waals surface area contributed by atoms with Gasteiger partial charge in [-0.25, -0.2) is 4.98 Å². The number of hydrogen-bond acceptors (Lipinski definition) is 7. The molecule has 0 fully saturated rings. The lowest BCUT2D eigenvalue weighted by Gasteiger charge is -2.19. The smallest absolute Gasteiger partial charge is 0.255 e. The highest BCUT2D eigenvalue weighted by atomic mass is 16.5. The average molecular weight is 473 g/mol. The van der Waals surface area contributed by atoms with Crippen LogP contribution in [0.2, 0.25) is 0 Å². The van der Waals surface area contributed by atoms with E-state index >= 15 is 0 Å². The average Bonchev–Trinajstić information content (AvgIpc) is 3.18. The van der Waals surface area contributed by atoms with Crippen LogP contribution in [0.15, 0.2) is 54.6 Å². The molecule has 4 aromatic rings. The number of ether oxygens (including phenoxy) is 2. The van der Waals surface area contributed by atoms with E-state index in [1.54, 1.807) is 26.4 Å². The Balaban J connectivity index is 1.24. The Hall–Kier alpha value is -3.98. The number of methoxy groups -OCH3 is 2. The molecule has 2 aromatic heterocycles. The number of pyridine rings is 1. The summed E-state index contributed by atoms with van der Waals surface area (Å²) in [6.07, 6.45) is 0.782. The van der Waals surface area contributed by atoms with Gasteiger partial charge >= 0.3 is 0 Å². The first kappa shape index (κ1) is 22.8. The third-order valence-electron chi connectivity index (χ3n) is 6.30. The second-order valence-electron chi connectivity index (χ2n) is 8.43. The topological polar surface area (TPSA) is 94.4 Å². The molecule has 0 bridgehead atoms. The van der Waals surface area contributed by atoms with E-state index in [2.05, 4.69) is 37.1 Å². The third-order valence-corrected chi connectivity index (χ3v) is 6.30. The summed E-state index contributed by atoms with van der Waals surface area (Å²) in [5.74, 6) is 2.81.